The number of benzene rings is 2. The van der Waals surface area contributed by atoms with Crippen LogP contribution in [0, 0.1) is 0 Å². The molecule has 0 aliphatic carbocycles. The van der Waals surface area contributed by atoms with E-state index in [9.17, 15) is 18.0 Å². The summed E-state index contributed by atoms with van der Waals surface area (Å²) in [7, 11) is -2.13. The number of halogens is 1. The minimum Gasteiger partial charge on any atom is -0.495 e. The van der Waals surface area contributed by atoms with Gasteiger partial charge in [0.25, 0.3) is 5.91 Å². The van der Waals surface area contributed by atoms with Crippen molar-refractivity contribution in [2.45, 2.75) is 31.8 Å². The third kappa shape index (κ3) is 7.58. The largest absolute Gasteiger partial charge is 0.495 e. The molecule has 35 heavy (non-hydrogen) atoms. The molecule has 0 saturated carbocycles. The number of carbonyl (C=O) groups excluding carboxylic acids is 2. The zero-order valence-electron chi connectivity index (χ0n) is 19.8. The van der Waals surface area contributed by atoms with E-state index in [1.807, 2.05) is 0 Å². The summed E-state index contributed by atoms with van der Waals surface area (Å²) in [6.07, 6.45) is 3.31. The Bertz CT molecular complexity index is 1150. The molecule has 2 N–H and O–H groups in total. The normalized spacial score (nSPS) is 15.5. The second-order valence-corrected chi connectivity index (χ2v) is 10.5. The van der Waals surface area contributed by atoms with Gasteiger partial charge in [0.05, 0.1) is 41.4 Å². The number of hydrogen-bond acceptors (Lipinski definition) is 6. The van der Waals surface area contributed by atoms with Gasteiger partial charge in [0, 0.05) is 26.1 Å². The van der Waals surface area contributed by atoms with Gasteiger partial charge >= 0.3 is 0 Å². The second-order valence-electron chi connectivity index (χ2n) is 8.20. The molecule has 0 spiro atoms. The van der Waals surface area contributed by atoms with Crippen LogP contribution in [0.25, 0.3) is 0 Å². The van der Waals surface area contributed by atoms with E-state index in [1.54, 1.807) is 36.4 Å². The summed E-state index contributed by atoms with van der Waals surface area (Å²) in [6, 6.07) is 11.4. The number of hydrogen-bond donors (Lipinski definition) is 2. The Morgan fingerprint density at radius 3 is 2.66 bits per heavy atom. The molecule has 11 heteroatoms. The first-order valence-electron chi connectivity index (χ1n) is 11.3. The van der Waals surface area contributed by atoms with Crippen LogP contribution < -0.4 is 19.7 Å². The van der Waals surface area contributed by atoms with Gasteiger partial charge in [-0.2, -0.15) is 0 Å². The molecule has 3 rings (SSSR count). The number of carbonyl (C=O) groups is 2. The van der Waals surface area contributed by atoms with E-state index in [4.69, 9.17) is 21.1 Å². The summed E-state index contributed by atoms with van der Waals surface area (Å²) in [4.78, 5) is 25.2. The van der Waals surface area contributed by atoms with Crippen LogP contribution in [0.3, 0.4) is 0 Å². The van der Waals surface area contributed by atoms with Crippen LogP contribution in [0.15, 0.2) is 42.5 Å². The van der Waals surface area contributed by atoms with Crippen molar-refractivity contribution in [1.29, 1.82) is 0 Å². The van der Waals surface area contributed by atoms with E-state index in [2.05, 4.69) is 10.6 Å². The first-order valence-corrected chi connectivity index (χ1v) is 13.5. The van der Waals surface area contributed by atoms with Crippen LogP contribution in [0.2, 0.25) is 5.02 Å². The van der Waals surface area contributed by atoms with Crippen LogP contribution in [-0.4, -0.2) is 59.4 Å². The maximum atomic E-state index is 12.6. The molecule has 1 aliphatic heterocycles. The van der Waals surface area contributed by atoms with Crippen LogP contribution in [0.1, 0.15) is 36.0 Å². The molecule has 1 fully saturated rings. The minimum absolute atomic E-state index is 0.0130. The molecule has 1 heterocycles. The van der Waals surface area contributed by atoms with Gasteiger partial charge in [-0.05, 0) is 49.6 Å². The Morgan fingerprint density at radius 2 is 2.00 bits per heavy atom. The van der Waals surface area contributed by atoms with E-state index in [1.165, 1.54) is 17.5 Å². The molecule has 1 atom stereocenters. The van der Waals surface area contributed by atoms with Crippen molar-refractivity contribution >= 4 is 44.8 Å². The molecule has 0 bridgehead atoms. The molecule has 0 aromatic heterocycles. The third-order valence-corrected chi connectivity index (χ3v) is 7.04. The van der Waals surface area contributed by atoms with Crippen LogP contribution in [-0.2, 0) is 19.6 Å². The summed E-state index contributed by atoms with van der Waals surface area (Å²) in [5.41, 5.74) is 1.13. The molecule has 2 aromatic rings. The molecular weight excluding hydrogens is 494 g/mol. The lowest BCUT2D eigenvalue weighted by Gasteiger charge is -2.23. The smallest absolute Gasteiger partial charge is 0.253 e. The number of para-hydroxylation sites is 1. The predicted octanol–water partition coefficient (Wildman–Crippen LogP) is 3.44. The highest BCUT2D eigenvalue weighted by Gasteiger charge is 2.20. The highest BCUT2D eigenvalue weighted by Crippen LogP contribution is 2.30. The van der Waals surface area contributed by atoms with Gasteiger partial charge in [0.1, 0.15) is 5.75 Å². The van der Waals surface area contributed by atoms with Crippen LogP contribution >= 0.6 is 11.6 Å². The van der Waals surface area contributed by atoms with Crippen molar-refractivity contribution in [1.82, 2.24) is 5.32 Å². The van der Waals surface area contributed by atoms with Gasteiger partial charge in [-0.25, -0.2) is 8.42 Å². The van der Waals surface area contributed by atoms with E-state index in [-0.39, 0.29) is 42.3 Å². The van der Waals surface area contributed by atoms with E-state index in [0.717, 1.165) is 19.1 Å². The Morgan fingerprint density at radius 1 is 1.23 bits per heavy atom. The van der Waals surface area contributed by atoms with Crippen LogP contribution in [0.5, 0.6) is 5.75 Å². The van der Waals surface area contributed by atoms with Crippen molar-refractivity contribution in [3.05, 3.63) is 53.1 Å². The summed E-state index contributed by atoms with van der Waals surface area (Å²) >= 11 is 6.15. The number of sulfonamides is 1. The number of methoxy groups -OCH3 is 1. The summed E-state index contributed by atoms with van der Waals surface area (Å²) < 4.78 is 36.5. The van der Waals surface area contributed by atoms with Crippen molar-refractivity contribution < 1.29 is 27.5 Å². The first-order chi connectivity index (χ1) is 16.7. The first kappa shape index (κ1) is 26.8. The average Bonchev–Trinajstić information content (AvgIpc) is 3.33. The Kier molecular flexibility index (Phi) is 9.36. The SMILES string of the molecule is COc1ccc(N(CCCC(=O)Nc2ccccc2C(=O)NCC2CCCO2)S(C)(=O)=O)cc1Cl. The fourth-order valence-corrected chi connectivity index (χ4v) is 5.00. The minimum atomic E-state index is -3.60. The van der Waals surface area contributed by atoms with E-state index < -0.39 is 10.0 Å². The van der Waals surface area contributed by atoms with E-state index >= 15 is 0 Å². The number of amides is 2. The predicted molar refractivity (Wildman–Crippen MR) is 136 cm³/mol. The number of nitrogens with zero attached hydrogens (tertiary/aromatic N) is 1. The monoisotopic (exact) mass is 523 g/mol. The highest BCUT2D eigenvalue weighted by atomic mass is 35.5. The molecule has 1 saturated heterocycles. The molecule has 190 valence electrons. The van der Waals surface area contributed by atoms with Gasteiger partial charge in [-0.15, -0.1) is 0 Å². The van der Waals surface area contributed by atoms with Gasteiger partial charge in [-0.1, -0.05) is 23.7 Å². The highest BCUT2D eigenvalue weighted by molar-refractivity contribution is 7.92. The Balaban J connectivity index is 1.58. The molecule has 1 unspecified atom stereocenters. The van der Waals surface area contributed by atoms with Crippen molar-refractivity contribution in [3.63, 3.8) is 0 Å². The average molecular weight is 524 g/mol. The molecular formula is C24H30ClN3O6S. The maximum absolute atomic E-state index is 12.6. The lowest BCUT2D eigenvalue weighted by Crippen LogP contribution is -2.32. The van der Waals surface area contributed by atoms with Crippen molar-refractivity contribution in [2.24, 2.45) is 0 Å². The number of anilines is 2. The summed E-state index contributed by atoms with van der Waals surface area (Å²) in [5.74, 6) is -0.191. The fraction of sp³-hybridized carbons (Fsp3) is 0.417. The second kappa shape index (κ2) is 12.2. The van der Waals surface area contributed by atoms with E-state index in [0.29, 0.717) is 35.8 Å². The molecule has 1 aliphatic rings. The van der Waals surface area contributed by atoms with Crippen molar-refractivity contribution in [3.8, 4) is 5.75 Å². The third-order valence-electron chi connectivity index (χ3n) is 5.55. The quantitative estimate of drug-likeness (QED) is 0.466. The van der Waals surface area contributed by atoms with Gasteiger partial charge < -0.3 is 20.1 Å². The fourth-order valence-electron chi connectivity index (χ4n) is 3.79. The number of ether oxygens (including phenoxy) is 2. The lowest BCUT2D eigenvalue weighted by molar-refractivity contribution is -0.116. The van der Waals surface area contributed by atoms with Crippen LogP contribution in [0.4, 0.5) is 11.4 Å². The zero-order chi connectivity index (χ0) is 25.4. The molecule has 9 nitrogen and oxygen atoms in total. The Hall–Kier alpha value is -2.82. The standard InChI is InChI=1S/C24H30ClN3O6S/c1-33-22-12-11-17(15-20(22)25)28(35(2,31)32)13-5-10-23(29)27-21-9-4-3-8-19(21)24(30)26-16-18-7-6-14-34-18/h3-4,8-9,11-12,15,18H,5-7,10,13-14,16H2,1-2H3,(H,26,30)(H,27,29). The molecule has 2 amide bonds. The lowest BCUT2D eigenvalue weighted by atomic mass is 10.1. The summed E-state index contributed by atoms with van der Waals surface area (Å²) in [6.45, 7) is 1.20. The zero-order valence-corrected chi connectivity index (χ0v) is 21.3. The number of rotatable bonds is 11. The Labute approximate surface area is 210 Å². The summed E-state index contributed by atoms with van der Waals surface area (Å²) in [5, 5.41) is 5.89. The van der Waals surface area contributed by atoms with Gasteiger partial charge in [-0.3, -0.25) is 13.9 Å². The maximum Gasteiger partial charge on any atom is 0.253 e. The number of nitrogens with one attached hydrogen (secondary N) is 2. The van der Waals surface area contributed by atoms with Gasteiger partial charge in [0.15, 0.2) is 0 Å². The molecule has 2 aromatic carbocycles. The van der Waals surface area contributed by atoms with Crippen molar-refractivity contribution in [2.75, 3.05) is 42.7 Å². The van der Waals surface area contributed by atoms with Gasteiger partial charge in [0.2, 0.25) is 15.9 Å². The topological polar surface area (TPSA) is 114 Å². The molecule has 0 radical (unpaired) electrons.